The minimum Gasteiger partial charge on any atom is -0.317 e. The Hall–Kier alpha value is -0.170. The van der Waals surface area contributed by atoms with E-state index in [4.69, 9.17) is 0 Å². The highest BCUT2D eigenvalue weighted by Crippen LogP contribution is 1.97. The lowest BCUT2D eigenvalue weighted by Gasteiger charge is -2.18. The van der Waals surface area contributed by atoms with Gasteiger partial charge in [0.15, 0.2) is 0 Å². The summed E-state index contributed by atoms with van der Waals surface area (Å²) in [6.07, 6.45) is 0.826. The molecule has 0 aromatic rings. The number of hydrogen-bond donors (Lipinski definition) is 2. The molecule has 0 rings (SSSR count). The van der Waals surface area contributed by atoms with Gasteiger partial charge in [-0.15, -0.1) is 0 Å². The van der Waals surface area contributed by atoms with Gasteiger partial charge < -0.3 is 5.32 Å². The molecule has 0 amide bonds. The van der Waals surface area contributed by atoms with Gasteiger partial charge >= 0.3 is 0 Å². The van der Waals surface area contributed by atoms with Crippen molar-refractivity contribution in [2.45, 2.75) is 27.2 Å². The molecule has 2 N–H and O–H groups in total. The lowest BCUT2D eigenvalue weighted by molar-refractivity contribution is 0.441. The van der Waals surface area contributed by atoms with Crippen LogP contribution < -0.4 is 10.0 Å². The van der Waals surface area contributed by atoms with Crippen molar-refractivity contribution in [2.75, 3.05) is 33.2 Å². The van der Waals surface area contributed by atoms with Gasteiger partial charge in [-0.3, -0.25) is 0 Å². The SMILES string of the molecule is CCNCCCN(C)S(=O)(=O)NCC(C)C. The first-order valence-corrected chi connectivity index (χ1v) is 7.25. The zero-order valence-electron chi connectivity index (χ0n) is 10.8. The largest absolute Gasteiger partial charge is 0.317 e. The summed E-state index contributed by atoms with van der Waals surface area (Å²) in [5.41, 5.74) is 0. The van der Waals surface area contributed by atoms with Crippen LogP contribution in [0, 0.1) is 5.92 Å². The maximum absolute atomic E-state index is 11.7. The fourth-order valence-corrected chi connectivity index (χ4v) is 2.24. The van der Waals surface area contributed by atoms with Crippen LogP contribution in [0.15, 0.2) is 0 Å². The van der Waals surface area contributed by atoms with Crippen molar-refractivity contribution in [1.82, 2.24) is 14.3 Å². The Bertz CT molecular complexity index is 265. The van der Waals surface area contributed by atoms with Crippen LogP contribution in [-0.2, 0) is 10.2 Å². The Morgan fingerprint density at radius 1 is 1.31 bits per heavy atom. The van der Waals surface area contributed by atoms with Crippen molar-refractivity contribution in [3.05, 3.63) is 0 Å². The Kier molecular flexibility index (Phi) is 7.91. The molecular weight excluding hydrogens is 226 g/mol. The maximum atomic E-state index is 11.7. The summed E-state index contributed by atoms with van der Waals surface area (Å²) in [5.74, 6) is 0.324. The molecule has 0 aliphatic carbocycles. The van der Waals surface area contributed by atoms with Gasteiger partial charge in [-0.1, -0.05) is 20.8 Å². The molecule has 6 heteroatoms. The highest BCUT2D eigenvalue weighted by molar-refractivity contribution is 7.87. The molecule has 0 saturated carbocycles. The third kappa shape index (κ3) is 7.16. The van der Waals surface area contributed by atoms with E-state index in [1.165, 1.54) is 4.31 Å². The van der Waals surface area contributed by atoms with Gasteiger partial charge in [0, 0.05) is 20.1 Å². The summed E-state index contributed by atoms with van der Waals surface area (Å²) in [6.45, 7) is 8.79. The molecule has 16 heavy (non-hydrogen) atoms. The Morgan fingerprint density at radius 3 is 2.44 bits per heavy atom. The highest BCUT2D eigenvalue weighted by atomic mass is 32.2. The summed E-state index contributed by atoms with van der Waals surface area (Å²) in [4.78, 5) is 0. The van der Waals surface area contributed by atoms with Crippen molar-refractivity contribution in [2.24, 2.45) is 5.92 Å². The molecular formula is C10H25N3O2S. The van der Waals surface area contributed by atoms with Crippen LogP contribution in [0.2, 0.25) is 0 Å². The highest BCUT2D eigenvalue weighted by Gasteiger charge is 2.16. The summed E-state index contributed by atoms with van der Waals surface area (Å²) >= 11 is 0. The van der Waals surface area contributed by atoms with Crippen LogP contribution in [0.5, 0.6) is 0 Å². The zero-order valence-corrected chi connectivity index (χ0v) is 11.6. The fourth-order valence-electron chi connectivity index (χ4n) is 1.11. The molecule has 5 nitrogen and oxygen atoms in total. The van der Waals surface area contributed by atoms with E-state index in [9.17, 15) is 8.42 Å². The Labute approximate surface area is 99.8 Å². The minimum absolute atomic E-state index is 0.324. The van der Waals surface area contributed by atoms with Crippen LogP contribution in [0.1, 0.15) is 27.2 Å². The fraction of sp³-hybridized carbons (Fsp3) is 1.00. The van der Waals surface area contributed by atoms with E-state index < -0.39 is 10.2 Å². The van der Waals surface area contributed by atoms with E-state index in [0.29, 0.717) is 19.0 Å². The van der Waals surface area contributed by atoms with Crippen molar-refractivity contribution < 1.29 is 8.42 Å². The van der Waals surface area contributed by atoms with Gasteiger partial charge in [-0.2, -0.15) is 12.7 Å². The normalized spacial score (nSPS) is 12.6. The molecule has 0 fully saturated rings. The summed E-state index contributed by atoms with van der Waals surface area (Å²) in [6, 6.07) is 0. The molecule has 0 bridgehead atoms. The second kappa shape index (κ2) is 8.00. The van der Waals surface area contributed by atoms with Gasteiger partial charge in [0.2, 0.25) is 0 Å². The molecule has 0 aliphatic rings. The van der Waals surface area contributed by atoms with Crippen molar-refractivity contribution in [1.29, 1.82) is 0 Å². The second-order valence-corrected chi connectivity index (χ2v) is 6.14. The lowest BCUT2D eigenvalue weighted by atomic mass is 10.2. The Morgan fingerprint density at radius 2 is 1.94 bits per heavy atom. The van der Waals surface area contributed by atoms with E-state index in [2.05, 4.69) is 10.0 Å². The monoisotopic (exact) mass is 251 g/mol. The molecule has 0 radical (unpaired) electrons. The van der Waals surface area contributed by atoms with E-state index in [1.54, 1.807) is 7.05 Å². The van der Waals surface area contributed by atoms with Crippen LogP contribution in [0.4, 0.5) is 0 Å². The first-order valence-electron chi connectivity index (χ1n) is 5.81. The smallest absolute Gasteiger partial charge is 0.279 e. The van der Waals surface area contributed by atoms with E-state index >= 15 is 0 Å². The number of rotatable bonds is 9. The summed E-state index contributed by atoms with van der Waals surface area (Å²) < 4.78 is 27.3. The van der Waals surface area contributed by atoms with E-state index in [-0.39, 0.29) is 0 Å². The zero-order chi connectivity index (χ0) is 12.6. The predicted octanol–water partition coefficient (Wildman–Crippen LogP) is 0.408. The number of hydrogen-bond acceptors (Lipinski definition) is 3. The van der Waals surface area contributed by atoms with Gasteiger partial charge in [0.25, 0.3) is 10.2 Å². The molecule has 0 atom stereocenters. The topological polar surface area (TPSA) is 61.4 Å². The average molecular weight is 251 g/mol. The minimum atomic E-state index is -3.29. The van der Waals surface area contributed by atoms with E-state index in [0.717, 1.165) is 19.5 Å². The average Bonchev–Trinajstić information content (AvgIpc) is 2.21. The summed E-state index contributed by atoms with van der Waals surface area (Å²) in [5, 5.41) is 3.16. The second-order valence-electron chi connectivity index (χ2n) is 4.28. The van der Waals surface area contributed by atoms with Crippen molar-refractivity contribution in [3.8, 4) is 0 Å². The van der Waals surface area contributed by atoms with Gasteiger partial charge in [0.05, 0.1) is 0 Å². The quantitative estimate of drug-likeness (QED) is 0.583. The summed E-state index contributed by atoms with van der Waals surface area (Å²) in [7, 11) is -1.68. The maximum Gasteiger partial charge on any atom is 0.279 e. The van der Waals surface area contributed by atoms with Crippen LogP contribution in [-0.4, -0.2) is 45.9 Å². The van der Waals surface area contributed by atoms with Crippen LogP contribution in [0.25, 0.3) is 0 Å². The molecule has 0 aliphatic heterocycles. The van der Waals surface area contributed by atoms with Gasteiger partial charge in [-0.25, -0.2) is 4.72 Å². The molecule has 98 valence electrons. The van der Waals surface area contributed by atoms with Crippen LogP contribution in [0.3, 0.4) is 0 Å². The Balaban J connectivity index is 3.90. The first kappa shape index (κ1) is 15.8. The van der Waals surface area contributed by atoms with Crippen molar-refractivity contribution in [3.63, 3.8) is 0 Å². The molecule has 0 aromatic carbocycles. The van der Waals surface area contributed by atoms with Gasteiger partial charge in [0.1, 0.15) is 0 Å². The lowest BCUT2D eigenvalue weighted by Crippen LogP contribution is -2.40. The molecule has 0 aromatic heterocycles. The first-order chi connectivity index (χ1) is 7.40. The third-order valence-corrected chi connectivity index (χ3v) is 3.70. The number of nitrogens with one attached hydrogen (secondary N) is 2. The van der Waals surface area contributed by atoms with Crippen molar-refractivity contribution >= 4 is 10.2 Å². The third-order valence-electron chi connectivity index (χ3n) is 2.16. The van der Waals surface area contributed by atoms with Gasteiger partial charge in [-0.05, 0) is 25.4 Å². The van der Waals surface area contributed by atoms with Crippen LogP contribution >= 0.6 is 0 Å². The standard InChI is InChI=1S/C10H25N3O2S/c1-5-11-7-6-8-13(4)16(14,15)12-9-10(2)3/h10-12H,5-9H2,1-4H3. The molecule has 0 unspecified atom stereocenters. The molecule has 0 spiro atoms. The molecule has 0 heterocycles. The predicted molar refractivity (Wildman–Crippen MR) is 67.6 cm³/mol. The van der Waals surface area contributed by atoms with E-state index in [1.807, 2.05) is 20.8 Å². The number of nitrogens with zero attached hydrogens (tertiary/aromatic N) is 1. The molecule has 0 saturated heterocycles.